The molecule has 2 rings (SSSR count). The van der Waals surface area contributed by atoms with Gasteiger partial charge in [0.15, 0.2) is 0 Å². The van der Waals surface area contributed by atoms with E-state index in [4.69, 9.17) is 0 Å². The summed E-state index contributed by atoms with van der Waals surface area (Å²) in [5, 5.41) is 17.1. The van der Waals surface area contributed by atoms with Crippen LogP contribution in [0.2, 0.25) is 0 Å². The zero-order valence-electron chi connectivity index (χ0n) is 11.1. The topological polar surface area (TPSA) is 101 Å². The van der Waals surface area contributed by atoms with Crippen molar-refractivity contribution in [3.63, 3.8) is 0 Å². The molecular weight excluding hydrogens is 314 g/mol. The summed E-state index contributed by atoms with van der Waals surface area (Å²) in [5.74, 6) is 0. The van der Waals surface area contributed by atoms with E-state index in [2.05, 4.69) is 10.0 Å². The number of sulfonamides is 1. The summed E-state index contributed by atoms with van der Waals surface area (Å²) in [5.41, 5.74) is 0.477. The second-order valence-corrected chi connectivity index (χ2v) is 6.55. The van der Waals surface area contributed by atoms with Crippen LogP contribution >= 0.6 is 11.3 Å². The molecule has 0 fully saturated rings. The molecule has 0 atom stereocenters. The summed E-state index contributed by atoms with van der Waals surface area (Å²) < 4.78 is 26.9. The highest BCUT2D eigenvalue weighted by Gasteiger charge is 2.20. The fraction of sp³-hybridized carbons (Fsp3) is 0.167. The normalized spacial score (nSPS) is 11.1. The monoisotopic (exact) mass is 327 g/mol. The summed E-state index contributed by atoms with van der Waals surface area (Å²) in [6.45, 7) is 2.22. The molecule has 21 heavy (non-hydrogen) atoms. The van der Waals surface area contributed by atoms with Crippen molar-refractivity contribution in [2.24, 2.45) is 0 Å². The first-order valence-electron chi connectivity index (χ1n) is 6.01. The molecule has 2 aromatic rings. The molecule has 0 aliphatic heterocycles. The molecule has 0 amide bonds. The van der Waals surface area contributed by atoms with E-state index in [0.717, 1.165) is 0 Å². The van der Waals surface area contributed by atoms with Crippen molar-refractivity contribution < 1.29 is 13.3 Å². The number of nitrogens with one attached hydrogen (secondary N) is 2. The quantitative estimate of drug-likeness (QED) is 0.627. The summed E-state index contributed by atoms with van der Waals surface area (Å²) in [6, 6.07) is 5.29. The summed E-state index contributed by atoms with van der Waals surface area (Å²) in [7, 11) is -3.77. The predicted octanol–water partition coefficient (Wildman–Crippen LogP) is 2.89. The molecule has 9 heteroatoms. The van der Waals surface area contributed by atoms with Crippen LogP contribution in [-0.2, 0) is 10.0 Å². The third-order valence-corrected chi connectivity index (χ3v) is 4.68. The van der Waals surface area contributed by atoms with Gasteiger partial charge in [0, 0.05) is 18.0 Å². The van der Waals surface area contributed by atoms with Crippen molar-refractivity contribution in [2.45, 2.75) is 11.8 Å². The molecule has 112 valence electrons. The van der Waals surface area contributed by atoms with Gasteiger partial charge < -0.3 is 5.32 Å². The number of nitrogens with zero attached hydrogens (tertiary/aromatic N) is 1. The fourth-order valence-corrected chi connectivity index (χ4v) is 3.45. The van der Waals surface area contributed by atoms with Crippen molar-refractivity contribution >= 4 is 38.4 Å². The Morgan fingerprint density at radius 1 is 1.33 bits per heavy atom. The Morgan fingerprint density at radius 2 is 2.10 bits per heavy atom. The van der Waals surface area contributed by atoms with Crippen LogP contribution in [0.4, 0.5) is 17.1 Å². The van der Waals surface area contributed by atoms with Gasteiger partial charge in [0.05, 0.1) is 15.5 Å². The van der Waals surface area contributed by atoms with Gasteiger partial charge in [-0.3, -0.25) is 14.8 Å². The van der Waals surface area contributed by atoms with Gasteiger partial charge in [-0.15, -0.1) is 0 Å². The Morgan fingerprint density at radius 3 is 2.67 bits per heavy atom. The first-order valence-corrected chi connectivity index (χ1v) is 8.44. The fourth-order valence-electron chi connectivity index (χ4n) is 1.71. The van der Waals surface area contributed by atoms with E-state index >= 15 is 0 Å². The Kier molecular flexibility index (Phi) is 4.43. The van der Waals surface area contributed by atoms with Crippen LogP contribution in [-0.4, -0.2) is 19.9 Å². The second kappa shape index (κ2) is 6.10. The largest absolute Gasteiger partial charge is 0.380 e. The maximum atomic E-state index is 12.2. The lowest BCUT2D eigenvalue weighted by molar-refractivity contribution is -0.384. The molecule has 1 aromatic carbocycles. The van der Waals surface area contributed by atoms with Crippen LogP contribution in [0.5, 0.6) is 0 Å². The number of benzene rings is 1. The van der Waals surface area contributed by atoms with Gasteiger partial charge in [0.25, 0.3) is 15.7 Å². The van der Waals surface area contributed by atoms with Crippen LogP contribution in [0.3, 0.4) is 0 Å². The average Bonchev–Trinajstić information content (AvgIpc) is 2.91. The lowest BCUT2D eigenvalue weighted by atomic mass is 10.2. The highest BCUT2D eigenvalue weighted by molar-refractivity contribution is 7.92. The highest BCUT2D eigenvalue weighted by Crippen LogP contribution is 2.28. The molecule has 0 bridgehead atoms. The van der Waals surface area contributed by atoms with Gasteiger partial charge in [0.1, 0.15) is 5.69 Å². The first-order chi connectivity index (χ1) is 9.94. The second-order valence-electron chi connectivity index (χ2n) is 4.08. The standard InChI is InChI=1S/C12H13N3O4S2/c1-2-13-11-7-10(3-4-12(11)15(16)17)21(18,19)14-9-5-6-20-8-9/h3-8,13-14H,2H2,1H3. The molecule has 0 saturated heterocycles. The number of hydrogen-bond donors (Lipinski definition) is 2. The molecule has 1 heterocycles. The molecule has 0 spiro atoms. The van der Waals surface area contributed by atoms with Crippen LogP contribution in [0, 0.1) is 10.1 Å². The van der Waals surface area contributed by atoms with E-state index < -0.39 is 14.9 Å². The van der Waals surface area contributed by atoms with Crippen LogP contribution in [0.25, 0.3) is 0 Å². The first kappa shape index (κ1) is 15.3. The van der Waals surface area contributed by atoms with E-state index in [9.17, 15) is 18.5 Å². The Bertz CT molecular complexity index is 742. The Balaban J connectivity index is 2.39. The molecule has 0 saturated carbocycles. The predicted molar refractivity (Wildman–Crippen MR) is 82.4 cm³/mol. The number of nitro groups is 1. The number of anilines is 2. The van der Waals surface area contributed by atoms with Crippen LogP contribution < -0.4 is 10.0 Å². The van der Waals surface area contributed by atoms with E-state index in [0.29, 0.717) is 12.2 Å². The van der Waals surface area contributed by atoms with Crippen molar-refractivity contribution in [2.75, 3.05) is 16.6 Å². The molecule has 0 aliphatic rings. The molecule has 0 unspecified atom stereocenters. The number of hydrogen-bond acceptors (Lipinski definition) is 6. The van der Waals surface area contributed by atoms with Gasteiger partial charge in [-0.1, -0.05) is 0 Å². The van der Waals surface area contributed by atoms with E-state index in [1.165, 1.54) is 29.5 Å². The molecule has 0 aliphatic carbocycles. The zero-order chi connectivity index (χ0) is 15.5. The average molecular weight is 327 g/mol. The number of rotatable bonds is 6. The van der Waals surface area contributed by atoms with Gasteiger partial charge in [-0.25, -0.2) is 8.42 Å². The Hall–Kier alpha value is -2.13. The molecule has 2 N–H and O–H groups in total. The van der Waals surface area contributed by atoms with Crippen molar-refractivity contribution in [3.05, 3.63) is 45.1 Å². The van der Waals surface area contributed by atoms with Gasteiger partial charge in [0.2, 0.25) is 0 Å². The molecule has 7 nitrogen and oxygen atoms in total. The SMILES string of the molecule is CCNc1cc(S(=O)(=O)Nc2ccsc2)ccc1[N+](=O)[O-]. The van der Waals surface area contributed by atoms with Crippen molar-refractivity contribution in [1.29, 1.82) is 0 Å². The molecule has 1 aromatic heterocycles. The van der Waals surface area contributed by atoms with Crippen LogP contribution in [0.1, 0.15) is 6.92 Å². The highest BCUT2D eigenvalue weighted by atomic mass is 32.2. The van der Waals surface area contributed by atoms with Crippen molar-refractivity contribution in [1.82, 2.24) is 0 Å². The zero-order valence-corrected chi connectivity index (χ0v) is 12.7. The van der Waals surface area contributed by atoms with E-state index in [1.54, 1.807) is 23.8 Å². The lowest BCUT2D eigenvalue weighted by Gasteiger charge is -2.09. The Labute approximate surface area is 125 Å². The lowest BCUT2D eigenvalue weighted by Crippen LogP contribution is -2.13. The van der Waals surface area contributed by atoms with Gasteiger partial charge in [-0.2, -0.15) is 11.3 Å². The maximum absolute atomic E-state index is 12.2. The minimum atomic E-state index is -3.77. The van der Waals surface area contributed by atoms with Crippen molar-refractivity contribution in [3.8, 4) is 0 Å². The van der Waals surface area contributed by atoms with Gasteiger partial charge in [-0.05, 0) is 30.5 Å². The van der Waals surface area contributed by atoms with E-state index in [1.807, 2.05) is 0 Å². The summed E-state index contributed by atoms with van der Waals surface area (Å²) in [4.78, 5) is 10.3. The van der Waals surface area contributed by atoms with E-state index in [-0.39, 0.29) is 16.3 Å². The maximum Gasteiger partial charge on any atom is 0.292 e. The molecule has 0 radical (unpaired) electrons. The minimum Gasteiger partial charge on any atom is -0.380 e. The van der Waals surface area contributed by atoms with Crippen LogP contribution in [0.15, 0.2) is 39.9 Å². The third-order valence-electron chi connectivity index (χ3n) is 2.62. The minimum absolute atomic E-state index is 0.0322. The summed E-state index contributed by atoms with van der Waals surface area (Å²) >= 11 is 1.36. The number of nitro benzene ring substituents is 1. The summed E-state index contributed by atoms with van der Waals surface area (Å²) in [6.07, 6.45) is 0. The smallest absolute Gasteiger partial charge is 0.292 e. The van der Waals surface area contributed by atoms with Gasteiger partial charge >= 0.3 is 0 Å². The number of thiophene rings is 1. The molecular formula is C12H13N3O4S2. The third kappa shape index (κ3) is 3.50.